The van der Waals surface area contributed by atoms with Crippen LogP contribution < -0.4 is 59.7 Å². The summed E-state index contributed by atoms with van der Waals surface area (Å²) in [6, 6.07) is 0. The van der Waals surface area contributed by atoms with E-state index in [0.717, 1.165) is 0 Å². The normalized spacial score (nSPS) is 11.2. The maximum atomic E-state index is 9.38. The van der Waals surface area contributed by atoms with E-state index in [2.05, 4.69) is 2.84 Å². The van der Waals surface area contributed by atoms with Crippen molar-refractivity contribution < 1.29 is 140 Å². The summed E-state index contributed by atoms with van der Waals surface area (Å²) >= 11 is -12.1. The van der Waals surface area contributed by atoms with Crippen LogP contribution in [0.15, 0.2) is 0 Å². The van der Waals surface area contributed by atoms with Crippen LogP contribution in [0.3, 0.4) is 0 Å². The van der Waals surface area contributed by atoms with Gasteiger partial charge in [0.1, 0.15) is 0 Å². The molecule has 0 aliphatic carbocycles. The van der Waals surface area contributed by atoms with Crippen molar-refractivity contribution in [3.05, 3.63) is 0 Å². The zero-order valence-corrected chi connectivity index (χ0v) is 14.5. The fourth-order valence-electron chi connectivity index (χ4n) is 0.102. The first kappa shape index (κ1) is 26.7. The second kappa shape index (κ2) is 10.0. The summed E-state index contributed by atoms with van der Waals surface area (Å²) in [5.74, 6) is 0. The zero-order chi connectivity index (χ0) is 12.2. The molecule has 0 aromatic carbocycles. The maximum absolute atomic E-state index is 9.38. The van der Waals surface area contributed by atoms with Gasteiger partial charge in [-0.1, -0.05) is 0 Å². The molecule has 0 amide bonds. The number of hydrogen-bond donors (Lipinski definition) is 1. The van der Waals surface area contributed by atoms with Gasteiger partial charge in [-0.2, -0.15) is 0 Å². The first-order valence-corrected chi connectivity index (χ1v) is 7.55. The van der Waals surface area contributed by atoms with Crippen molar-refractivity contribution in [1.82, 2.24) is 0 Å². The Kier molecular flexibility index (Phi) is 16.7. The fraction of sp³-hybridized carbons (Fsp3) is 0. The van der Waals surface area contributed by atoms with E-state index in [9.17, 15) is 23.5 Å². The van der Waals surface area contributed by atoms with Crippen LogP contribution in [0.25, 0.3) is 0 Å². The van der Waals surface area contributed by atoms with Gasteiger partial charge in [0.15, 0.2) is 0 Å². The summed E-state index contributed by atoms with van der Waals surface area (Å²) in [6.07, 6.45) is 0. The van der Waals surface area contributed by atoms with Gasteiger partial charge < -0.3 is 4.55 Å². The van der Waals surface area contributed by atoms with Gasteiger partial charge in [0.25, 0.3) is 0 Å². The summed E-state index contributed by atoms with van der Waals surface area (Å²) < 4.78 is 91.7. The molecule has 0 aliphatic heterocycles. The molecule has 0 aromatic rings. The van der Waals surface area contributed by atoms with Gasteiger partial charge >= 0.3 is 122 Å². The van der Waals surface area contributed by atoms with E-state index in [1.165, 1.54) is 0 Å². The monoisotopic (exact) mass is 415 g/mol. The molecule has 0 saturated carbocycles. The van der Waals surface area contributed by atoms with Crippen molar-refractivity contribution >= 4 is 10.4 Å². The summed E-state index contributed by atoms with van der Waals surface area (Å²) in [5.41, 5.74) is 0. The molecular formula is HCr2CuKO11S. The van der Waals surface area contributed by atoms with Crippen molar-refractivity contribution in [2.45, 2.75) is 0 Å². The first-order chi connectivity index (χ1) is 5.71. The Balaban J connectivity index is -0.0000000904. The molecule has 1 radical (unpaired) electrons. The molecule has 0 heterocycles. The fourth-order valence-corrected chi connectivity index (χ4v) is 1.74. The van der Waals surface area contributed by atoms with Crippen molar-refractivity contribution in [3.63, 3.8) is 0 Å². The molecule has 16 heavy (non-hydrogen) atoms. The van der Waals surface area contributed by atoms with Gasteiger partial charge in [0.05, 0.1) is 0 Å². The Morgan fingerprint density at radius 3 is 1.12 bits per heavy atom. The molecular weight excluding hydrogens is 415 g/mol. The van der Waals surface area contributed by atoms with Crippen LogP contribution >= 0.6 is 0 Å². The molecule has 1 N–H and O–H groups in total. The standard InChI is InChI=1S/2Cr.Cu.K.H2O4S.7O/c;;;;1-5(2,3)4;;;;;;;/h;;;;(H2,1,2,3,4);;;;;;;/q;;+2;+1;;;;;;;2*-1/p-1. The van der Waals surface area contributed by atoms with E-state index in [1.807, 2.05) is 0 Å². The van der Waals surface area contributed by atoms with Gasteiger partial charge in [-0.25, -0.2) is 8.42 Å². The second-order valence-corrected chi connectivity index (χ2v) is 5.81. The Morgan fingerprint density at radius 1 is 1.00 bits per heavy atom. The van der Waals surface area contributed by atoms with Crippen molar-refractivity contribution in [2.75, 3.05) is 0 Å². The topological polar surface area (TPSA) is 201 Å². The molecule has 0 atom stereocenters. The molecule has 16 heteroatoms. The summed E-state index contributed by atoms with van der Waals surface area (Å²) in [5, 5.41) is 0. The van der Waals surface area contributed by atoms with Gasteiger partial charge in [-0.05, 0) is 0 Å². The van der Waals surface area contributed by atoms with Crippen LogP contribution in [0.1, 0.15) is 0 Å². The first-order valence-electron chi connectivity index (χ1n) is 2.02. The third-order valence-electron chi connectivity index (χ3n) is 0.167. The molecule has 0 aromatic heterocycles. The minimum absolute atomic E-state index is 0. The van der Waals surface area contributed by atoms with E-state index in [-0.39, 0.29) is 68.5 Å². The quantitative estimate of drug-likeness (QED) is 0.255. The third kappa shape index (κ3) is 55.7. The molecule has 0 unspecified atom stereocenters. The zero-order valence-electron chi connectivity index (χ0n) is 7.06. The van der Waals surface area contributed by atoms with E-state index < -0.39 is 37.6 Å². The van der Waals surface area contributed by atoms with Crippen LogP contribution in [0, 0.1) is 0 Å². The van der Waals surface area contributed by atoms with Crippen molar-refractivity contribution in [3.8, 4) is 0 Å². The van der Waals surface area contributed by atoms with Crippen LogP contribution in [0.2, 0.25) is 0 Å². The molecule has 0 saturated heterocycles. The molecule has 0 fully saturated rings. The van der Waals surface area contributed by atoms with Crippen molar-refractivity contribution in [1.29, 1.82) is 0 Å². The van der Waals surface area contributed by atoms with E-state index in [1.54, 1.807) is 0 Å². The predicted molar refractivity (Wildman–Crippen MR) is 16.2 cm³/mol. The molecule has 11 nitrogen and oxygen atoms in total. The summed E-state index contributed by atoms with van der Waals surface area (Å²) in [7, 11) is -4.92. The van der Waals surface area contributed by atoms with Crippen LogP contribution in [-0.2, 0) is 72.7 Å². The molecule has 0 rings (SSSR count). The Morgan fingerprint density at radius 2 is 1.12 bits per heavy atom. The minimum atomic E-state index is -6.07. The molecule has 0 bridgehead atoms. The Hall–Kier alpha value is 2.17. The summed E-state index contributed by atoms with van der Waals surface area (Å²) in [4.78, 5) is 0. The van der Waals surface area contributed by atoms with Crippen LogP contribution in [-0.4, -0.2) is 17.5 Å². The number of hydrogen-bond acceptors (Lipinski definition) is 10. The van der Waals surface area contributed by atoms with Crippen LogP contribution in [0.4, 0.5) is 0 Å². The summed E-state index contributed by atoms with van der Waals surface area (Å²) in [6.45, 7) is 0. The Labute approximate surface area is 147 Å². The van der Waals surface area contributed by atoms with E-state index in [4.69, 9.17) is 17.5 Å². The predicted octanol–water partition coefficient (Wildman–Crippen LogP) is -6.92. The van der Waals surface area contributed by atoms with Crippen LogP contribution in [0.5, 0.6) is 0 Å². The van der Waals surface area contributed by atoms with Gasteiger partial charge in [0, 0.05) is 0 Å². The third-order valence-corrected chi connectivity index (χ3v) is 2.83. The molecule has 0 aliphatic rings. The second-order valence-electron chi connectivity index (χ2n) is 1.31. The van der Waals surface area contributed by atoms with E-state index >= 15 is 0 Å². The Bertz CT molecular complexity index is 416. The number of rotatable bonds is 2. The van der Waals surface area contributed by atoms with Gasteiger partial charge in [-0.3, -0.25) is 4.55 Å². The molecule has 0 spiro atoms. The van der Waals surface area contributed by atoms with E-state index in [0.29, 0.717) is 0 Å². The SMILES string of the molecule is O=S(=O)([O-])O.[Cu+2].[K+].[O]=[Cr](=[O])([O-])[O][Cr](=[O])(=[O])[O-]. The van der Waals surface area contributed by atoms with Crippen molar-refractivity contribution in [2.24, 2.45) is 0 Å². The average molecular weight is 416 g/mol. The van der Waals surface area contributed by atoms with Gasteiger partial charge in [-0.15, -0.1) is 0 Å². The van der Waals surface area contributed by atoms with Gasteiger partial charge in [0.2, 0.25) is 10.4 Å². The average Bonchev–Trinajstić information content (AvgIpc) is 1.42. The molecule has 97 valence electrons.